The SMILES string of the molecule is CC12CCC(C(=O)Nc3cccc(Cl)c3)(C/C1=N\OC(=O)c1ccccc1Br)C2(C)C. The van der Waals surface area contributed by atoms with Gasteiger partial charge in [0.1, 0.15) is 0 Å². The first kappa shape index (κ1) is 22.0. The molecule has 2 bridgehead atoms. The first-order chi connectivity index (χ1) is 14.6. The number of amides is 1. The van der Waals surface area contributed by atoms with Crippen LogP contribution in [-0.2, 0) is 9.63 Å². The molecule has 7 heteroatoms. The lowest BCUT2D eigenvalue weighted by Crippen LogP contribution is -2.43. The second-order valence-corrected chi connectivity index (χ2v) is 10.4. The Morgan fingerprint density at radius 3 is 2.55 bits per heavy atom. The average molecular weight is 504 g/mol. The van der Waals surface area contributed by atoms with Gasteiger partial charge in [-0.15, -0.1) is 0 Å². The monoisotopic (exact) mass is 502 g/mol. The van der Waals surface area contributed by atoms with E-state index in [2.05, 4.69) is 47.2 Å². The standard InChI is InChI=1S/C24H24BrClN2O3/c1-22(2)23(3)11-12-24(22,21(30)27-16-8-6-7-15(26)13-16)14-19(23)28-31-20(29)17-9-4-5-10-18(17)25/h4-10,13H,11-12,14H2,1-3H3,(H,27,30)/b28-19+. The molecule has 2 aliphatic carbocycles. The summed E-state index contributed by atoms with van der Waals surface area (Å²) in [5, 5.41) is 7.89. The van der Waals surface area contributed by atoms with Crippen LogP contribution in [0.1, 0.15) is 50.4 Å². The molecule has 2 atom stereocenters. The Hall–Kier alpha value is -2.18. The van der Waals surface area contributed by atoms with Crippen LogP contribution in [0.15, 0.2) is 58.2 Å². The Labute approximate surface area is 195 Å². The Balaban J connectivity index is 1.60. The van der Waals surface area contributed by atoms with E-state index in [4.69, 9.17) is 16.4 Å². The van der Waals surface area contributed by atoms with E-state index in [-0.39, 0.29) is 16.7 Å². The van der Waals surface area contributed by atoms with E-state index < -0.39 is 11.4 Å². The van der Waals surface area contributed by atoms with Crippen LogP contribution in [-0.4, -0.2) is 17.6 Å². The van der Waals surface area contributed by atoms with E-state index in [0.29, 0.717) is 27.2 Å². The molecular weight excluding hydrogens is 480 g/mol. The summed E-state index contributed by atoms with van der Waals surface area (Å²) >= 11 is 9.44. The number of anilines is 1. The molecule has 0 spiro atoms. The summed E-state index contributed by atoms with van der Waals surface area (Å²) < 4.78 is 0.650. The number of carbonyl (C=O) groups is 2. The van der Waals surface area contributed by atoms with Crippen molar-refractivity contribution in [3.05, 3.63) is 63.6 Å². The Morgan fingerprint density at radius 2 is 1.84 bits per heavy atom. The Bertz CT molecular complexity index is 1100. The second kappa shape index (κ2) is 7.75. The van der Waals surface area contributed by atoms with Gasteiger partial charge >= 0.3 is 5.97 Å². The topological polar surface area (TPSA) is 67.8 Å². The molecule has 162 valence electrons. The molecule has 2 aromatic carbocycles. The zero-order chi connectivity index (χ0) is 22.4. The lowest BCUT2D eigenvalue weighted by atomic mass is 9.64. The van der Waals surface area contributed by atoms with Crippen molar-refractivity contribution in [1.29, 1.82) is 0 Å². The fraction of sp³-hybridized carbons (Fsp3) is 0.375. The first-order valence-electron chi connectivity index (χ1n) is 10.2. The highest BCUT2D eigenvalue weighted by Crippen LogP contribution is 2.71. The lowest BCUT2D eigenvalue weighted by Gasteiger charge is -2.39. The van der Waals surface area contributed by atoms with Crippen LogP contribution < -0.4 is 5.32 Å². The van der Waals surface area contributed by atoms with Crippen molar-refractivity contribution in [3.63, 3.8) is 0 Å². The number of fused-ring (bicyclic) bond motifs is 2. The maximum absolute atomic E-state index is 13.5. The average Bonchev–Trinajstić information content (AvgIpc) is 3.03. The van der Waals surface area contributed by atoms with Gasteiger partial charge in [-0.1, -0.05) is 55.7 Å². The molecule has 1 amide bonds. The van der Waals surface area contributed by atoms with Gasteiger partial charge < -0.3 is 10.2 Å². The van der Waals surface area contributed by atoms with E-state index >= 15 is 0 Å². The zero-order valence-corrected chi connectivity index (χ0v) is 20.0. The van der Waals surface area contributed by atoms with Gasteiger partial charge in [-0.25, -0.2) is 4.79 Å². The van der Waals surface area contributed by atoms with Crippen LogP contribution in [0, 0.1) is 16.2 Å². The third-order valence-corrected chi connectivity index (χ3v) is 8.51. The zero-order valence-electron chi connectivity index (χ0n) is 17.7. The number of nitrogens with one attached hydrogen (secondary N) is 1. The Morgan fingerprint density at radius 1 is 1.10 bits per heavy atom. The summed E-state index contributed by atoms with van der Waals surface area (Å²) in [4.78, 5) is 31.4. The first-order valence-corrected chi connectivity index (χ1v) is 11.4. The molecule has 2 saturated carbocycles. The largest absolute Gasteiger partial charge is 0.366 e. The van der Waals surface area contributed by atoms with E-state index in [1.54, 1.807) is 30.3 Å². The Kier molecular flexibility index (Phi) is 5.51. The van der Waals surface area contributed by atoms with Gasteiger partial charge in [0.15, 0.2) is 0 Å². The molecule has 0 saturated heterocycles. The van der Waals surface area contributed by atoms with E-state index in [1.807, 2.05) is 18.2 Å². The number of hydrogen-bond acceptors (Lipinski definition) is 4. The molecule has 2 unspecified atom stereocenters. The van der Waals surface area contributed by atoms with E-state index in [9.17, 15) is 9.59 Å². The minimum absolute atomic E-state index is 0.0502. The van der Waals surface area contributed by atoms with Crippen molar-refractivity contribution >= 4 is 50.8 Å². The fourth-order valence-electron chi connectivity index (χ4n) is 5.11. The highest BCUT2D eigenvalue weighted by Gasteiger charge is 2.71. The number of benzene rings is 2. The fourth-order valence-corrected chi connectivity index (χ4v) is 5.75. The van der Waals surface area contributed by atoms with Crippen molar-refractivity contribution in [1.82, 2.24) is 0 Å². The molecule has 2 fully saturated rings. The van der Waals surface area contributed by atoms with Crippen molar-refractivity contribution in [2.45, 2.75) is 40.0 Å². The molecule has 0 heterocycles. The predicted molar refractivity (Wildman–Crippen MR) is 125 cm³/mol. The number of oxime groups is 1. The molecule has 2 aliphatic rings. The summed E-state index contributed by atoms with van der Waals surface area (Å²) in [6.07, 6.45) is 2.00. The van der Waals surface area contributed by atoms with Crippen LogP contribution >= 0.6 is 27.5 Å². The van der Waals surface area contributed by atoms with Crippen LogP contribution in [0.3, 0.4) is 0 Å². The molecule has 0 aliphatic heterocycles. The van der Waals surface area contributed by atoms with E-state index in [1.165, 1.54) is 0 Å². The number of halogens is 2. The number of rotatable bonds is 4. The maximum atomic E-state index is 13.5. The summed E-state index contributed by atoms with van der Waals surface area (Å²) in [6.45, 7) is 6.32. The summed E-state index contributed by atoms with van der Waals surface area (Å²) in [5.74, 6) is -0.576. The van der Waals surface area contributed by atoms with Crippen LogP contribution in [0.5, 0.6) is 0 Å². The molecule has 31 heavy (non-hydrogen) atoms. The molecule has 0 aromatic heterocycles. The molecule has 1 N–H and O–H groups in total. The lowest BCUT2D eigenvalue weighted by molar-refractivity contribution is -0.130. The van der Waals surface area contributed by atoms with Crippen molar-refractivity contribution in [3.8, 4) is 0 Å². The molecule has 0 radical (unpaired) electrons. The van der Waals surface area contributed by atoms with Crippen molar-refractivity contribution in [2.75, 3.05) is 5.32 Å². The highest BCUT2D eigenvalue weighted by atomic mass is 79.9. The smallest absolute Gasteiger partial charge is 0.326 e. The molecular formula is C24H24BrClN2O3. The minimum atomic E-state index is -0.636. The van der Waals surface area contributed by atoms with Crippen molar-refractivity contribution < 1.29 is 14.4 Å². The number of nitrogens with zero attached hydrogens (tertiary/aromatic N) is 1. The normalized spacial score (nSPS) is 27.3. The van der Waals surface area contributed by atoms with Gasteiger partial charge in [0.05, 0.1) is 16.7 Å². The molecule has 5 nitrogen and oxygen atoms in total. The quantitative estimate of drug-likeness (QED) is 0.384. The third-order valence-electron chi connectivity index (χ3n) is 7.58. The number of hydrogen-bond donors (Lipinski definition) is 1. The summed E-state index contributed by atoms with van der Waals surface area (Å²) in [6, 6.07) is 14.2. The highest BCUT2D eigenvalue weighted by molar-refractivity contribution is 9.10. The summed E-state index contributed by atoms with van der Waals surface area (Å²) in [5.41, 5.74) is 0.497. The van der Waals surface area contributed by atoms with Gasteiger partial charge in [-0.2, -0.15) is 0 Å². The van der Waals surface area contributed by atoms with Crippen LogP contribution in [0.4, 0.5) is 5.69 Å². The minimum Gasteiger partial charge on any atom is -0.326 e. The van der Waals surface area contributed by atoms with Crippen LogP contribution in [0.2, 0.25) is 5.02 Å². The predicted octanol–water partition coefficient (Wildman–Crippen LogP) is 6.47. The van der Waals surface area contributed by atoms with Gasteiger partial charge in [0, 0.05) is 27.0 Å². The van der Waals surface area contributed by atoms with Crippen molar-refractivity contribution in [2.24, 2.45) is 21.4 Å². The van der Waals surface area contributed by atoms with Crippen LogP contribution in [0.25, 0.3) is 0 Å². The van der Waals surface area contributed by atoms with Gasteiger partial charge in [0.2, 0.25) is 5.91 Å². The van der Waals surface area contributed by atoms with E-state index in [0.717, 1.165) is 18.6 Å². The third kappa shape index (κ3) is 3.40. The molecule has 4 rings (SSSR count). The summed E-state index contributed by atoms with van der Waals surface area (Å²) in [7, 11) is 0. The van der Waals surface area contributed by atoms with Gasteiger partial charge in [0.25, 0.3) is 0 Å². The molecule has 2 aromatic rings. The number of carbonyl (C=O) groups excluding carboxylic acids is 2. The van der Waals surface area contributed by atoms with Gasteiger partial charge in [-0.3, -0.25) is 4.79 Å². The maximum Gasteiger partial charge on any atom is 0.366 e. The van der Waals surface area contributed by atoms with Gasteiger partial charge in [-0.05, 0) is 64.5 Å². The second-order valence-electron chi connectivity index (χ2n) is 9.08.